The van der Waals surface area contributed by atoms with Gasteiger partial charge in [0.25, 0.3) is 0 Å². The standard InChI is InChI=1S/C10H7F2NO3S/c11-10(12)16-7-3-4-8(17(14)15)6-2-1-5-13-9(6)7/h1-5,10H,(H,14,15)/p-1. The number of alkyl halides is 2. The van der Waals surface area contributed by atoms with Crippen molar-refractivity contribution < 1.29 is 22.3 Å². The Hall–Kier alpha value is -1.60. The van der Waals surface area contributed by atoms with Gasteiger partial charge >= 0.3 is 6.61 Å². The molecule has 1 unspecified atom stereocenters. The molecule has 0 saturated carbocycles. The van der Waals surface area contributed by atoms with Crippen molar-refractivity contribution in [2.75, 3.05) is 0 Å². The van der Waals surface area contributed by atoms with E-state index in [1.54, 1.807) is 0 Å². The first-order chi connectivity index (χ1) is 8.09. The topological polar surface area (TPSA) is 62.2 Å². The minimum absolute atomic E-state index is 0.00489. The molecule has 0 fully saturated rings. The van der Waals surface area contributed by atoms with Crippen LogP contribution in [0.25, 0.3) is 10.9 Å². The van der Waals surface area contributed by atoms with Gasteiger partial charge in [-0.1, -0.05) is 0 Å². The van der Waals surface area contributed by atoms with Crippen molar-refractivity contribution in [3.8, 4) is 5.75 Å². The maximum absolute atomic E-state index is 12.1. The van der Waals surface area contributed by atoms with Crippen molar-refractivity contribution in [3.63, 3.8) is 0 Å². The van der Waals surface area contributed by atoms with Gasteiger partial charge in [0.05, 0.1) is 0 Å². The highest BCUT2D eigenvalue weighted by molar-refractivity contribution is 7.79. The van der Waals surface area contributed by atoms with Gasteiger partial charge in [0, 0.05) is 16.5 Å². The second-order valence-electron chi connectivity index (χ2n) is 3.07. The van der Waals surface area contributed by atoms with Crippen LogP contribution in [0.3, 0.4) is 0 Å². The highest BCUT2D eigenvalue weighted by atomic mass is 32.2. The molecule has 4 nitrogen and oxygen atoms in total. The molecule has 0 saturated heterocycles. The van der Waals surface area contributed by atoms with E-state index in [1.165, 1.54) is 24.4 Å². The van der Waals surface area contributed by atoms with Gasteiger partial charge in [0.2, 0.25) is 0 Å². The lowest BCUT2D eigenvalue weighted by Gasteiger charge is -2.12. The van der Waals surface area contributed by atoms with Gasteiger partial charge in [-0.2, -0.15) is 8.78 Å². The number of halogens is 2. The minimum atomic E-state index is -2.98. The minimum Gasteiger partial charge on any atom is -0.768 e. The predicted molar refractivity (Wildman–Crippen MR) is 55.6 cm³/mol. The first-order valence-corrected chi connectivity index (χ1v) is 5.59. The summed E-state index contributed by atoms with van der Waals surface area (Å²) < 4.78 is 50.4. The monoisotopic (exact) mass is 258 g/mol. The van der Waals surface area contributed by atoms with E-state index < -0.39 is 17.7 Å². The van der Waals surface area contributed by atoms with Gasteiger partial charge in [0.1, 0.15) is 5.52 Å². The zero-order chi connectivity index (χ0) is 12.4. The maximum Gasteiger partial charge on any atom is 0.387 e. The normalized spacial score (nSPS) is 12.9. The lowest BCUT2D eigenvalue weighted by Crippen LogP contribution is -2.03. The molecule has 1 aromatic heterocycles. The molecule has 0 aliphatic heterocycles. The first kappa shape index (κ1) is 11.9. The summed E-state index contributed by atoms with van der Waals surface area (Å²) in [4.78, 5) is 3.84. The van der Waals surface area contributed by atoms with Crippen molar-refractivity contribution >= 4 is 22.0 Å². The lowest BCUT2D eigenvalue weighted by atomic mass is 10.2. The fourth-order valence-electron chi connectivity index (χ4n) is 1.46. The van der Waals surface area contributed by atoms with E-state index in [0.29, 0.717) is 0 Å². The van der Waals surface area contributed by atoms with Gasteiger partial charge in [-0.05, 0) is 35.3 Å². The van der Waals surface area contributed by atoms with Crippen LogP contribution in [0.4, 0.5) is 8.78 Å². The van der Waals surface area contributed by atoms with Crippen LogP contribution >= 0.6 is 0 Å². The molecule has 0 radical (unpaired) electrons. The summed E-state index contributed by atoms with van der Waals surface area (Å²) in [5, 5.41) is 0.249. The quantitative estimate of drug-likeness (QED) is 0.791. The molecule has 0 bridgehead atoms. The summed E-state index contributed by atoms with van der Waals surface area (Å²) in [5.74, 6) is -0.148. The zero-order valence-corrected chi connectivity index (χ0v) is 9.12. The molecule has 0 amide bonds. The molecule has 0 aliphatic rings. The van der Waals surface area contributed by atoms with Crippen LogP contribution in [0.2, 0.25) is 0 Å². The van der Waals surface area contributed by atoms with Crippen LogP contribution in [0.5, 0.6) is 5.75 Å². The Bertz CT molecular complexity index is 576. The third-order valence-corrected chi connectivity index (χ3v) is 2.80. The van der Waals surface area contributed by atoms with E-state index in [4.69, 9.17) is 0 Å². The highest BCUT2D eigenvalue weighted by Crippen LogP contribution is 2.29. The Kier molecular flexibility index (Phi) is 3.30. The lowest BCUT2D eigenvalue weighted by molar-refractivity contribution is -0.0489. The number of rotatable bonds is 3. The Morgan fingerprint density at radius 3 is 2.76 bits per heavy atom. The Balaban J connectivity index is 2.66. The largest absolute Gasteiger partial charge is 0.768 e. The van der Waals surface area contributed by atoms with Crippen molar-refractivity contribution in [2.45, 2.75) is 11.5 Å². The van der Waals surface area contributed by atoms with E-state index in [-0.39, 0.29) is 21.5 Å². The van der Waals surface area contributed by atoms with E-state index in [9.17, 15) is 17.5 Å². The van der Waals surface area contributed by atoms with Crippen LogP contribution in [-0.2, 0) is 11.1 Å². The van der Waals surface area contributed by atoms with Crippen LogP contribution in [0.1, 0.15) is 0 Å². The molecule has 2 rings (SSSR count). The number of pyridine rings is 1. The van der Waals surface area contributed by atoms with Gasteiger partial charge in [-0.3, -0.25) is 9.19 Å². The molecular formula is C10H6F2NO3S-. The number of hydrogen-bond donors (Lipinski definition) is 0. The second-order valence-corrected chi connectivity index (χ2v) is 3.98. The Morgan fingerprint density at radius 2 is 2.12 bits per heavy atom. The fourth-order valence-corrected chi connectivity index (χ4v) is 1.98. The molecule has 1 heterocycles. The number of hydrogen-bond acceptors (Lipinski definition) is 4. The van der Waals surface area contributed by atoms with Gasteiger partial charge in [0.15, 0.2) is 5.75 Å². The van der Waals surface area contributed by atoms with E-state index in [0.717, 1.165) is 6.07 Å². The summed E-state index contributed by atoms with van der Waals surface area (Å²) in [6.07, 6.45) is 1.37. The molecule has 2 aromatic rings. The second kappa shape index (κ2) is 4.72. The maximum atomic E-state index is 12.1. The smallest absolute Gasteiger partial charge is 0.387 e. The Morgan fingerprint density at radius 1 is 1.35 bits per heavy atom. The average Bonchev–Trinajstić information content (AvgIpc) is 2.28. The molecule has 0 spiro atoms. The third-order valence-electron chi connectivity index (χ3n) is 2.09. The van der Waals surface area contributed by atoms with Crippen molar-refractivity contribution in [3.05, 3.63) is 30.5 Å². The predicted octanol–water partition coefficient (Wildman–Crippen LogP) is 2.07. The summed E-state index contributed by atoms with van der Waals surface area (Å²) in [6.45, 7) is -2.98. The fraction of sp³-hybridized carbons (Fsp3) is 0.100. The van der Waals surface area contributed by atoms with Gasteiger partial charge < -0.3 is 9.29 Å². The SMILES string of the molecule is O=S([O-])c1ccc(OC(F)F)c2ncccc12. The van der Waals surface area contributed by atoms with Crippen LogP contribution in [0.15, 0.2) is 35.4 Å². The molecule has 17 heavy (non-hydrogen) atoms. The van der Waals surface area contributed by atoms with Gasteiger partial charge in [-0.15, -0.1) is 0 Å². The van der Waals surface area contributed by atoms with Crippen LogP contribution < -0.4 is 4.74 Å². The van der Waals surface area contributed by atoms with E-state index >= 15 is 0 Å². The molecule has 1 atom stereocenters. The summed E-state index contributed by atoms with van der Waals surface area (Å²) in [6, 6.07) is 5.36. The Labute approximate surface area is 97.5 Å². The highest BCUT2D eigenvalue weighted by Gasteiger charge is 2.12. The zero-order valence-electron chi connectivity index (χ0n) is 8.30. The summed E-state index contributed by atoms with van der Waals surface area (Å²) in [5.41, 5.74) is 0.0921. The number of nitrogens with zero attached hydrogens (tertiary/aromatic N) is 1. The molecule has 0 aliphatic carbocycles. The van der Waals surface area contributed by atoms with Crippen LogP contribution in [0, 0.1) is 0 Å². The molecule has 7 heteroatoms. The van der Waals surface area contributed by atoms with Crippen molar-refractivity contribution in [1.29, 1.82) is 0 Å². The summed E-state index contributed by atoms with van der Waals surface area (Å²) in [7, 11) is 0. The number of fused-ring (bicyclic) bond motifs is 1. The molecule has 1 aromatic carbocycles. The summed E-state index contributed by atoms with van der Waals surface area (Å²) >= 11 is -2.46. The number of aromatic nitrogens is 1. The van der Waals surface area contributed by atoms with E-state index in [1.807, 2.05) is 0 Å². The number of ether oxygens (including phenoxy) is 1. The van der Waals surface area contributed by atoms with Gasteiger partial charge in [-0.25, -0.2) is 0 Å². The van der Waals surface area contributed by atoms with Crippen LogP contribution in [-0.4, -0.2) is 20.4 Å². The molecular weight excluding hydrogens is 252 g/mol. The average molecular weight is 258 g/mol. The van der Waals surface area contributed by atoms with Crippen molar-refractivity contribution in [2.24, 2.45) is 0 Å². The van der Waals surface area contributed by atoms with Crippen molar-refractivity contribution in [1.82, 2.24) is 4.98 Å². The first-order valence-electron chi connectivity index (χ1n) is 4.51. The molecule has 90 valence electrons. The third kappa shape index (κ3) is 2.40. The van der Waals surface area contributed by atoms with E-state index in [2.05, 4.69) is 9.72 Å². The molecule has 0 N–H and O–H groups in total. The number of benzene rings is 1.